The van der Waals surface area contributed by atoms with Crippen molar-refractivity contribution in [3.8, 4) is 22.9 Å². The van der Waals surface area contributed by atoms with Crippen LogP contribution in [0.15, 0.2) is 36.7 Å². The molecule has 0 saturated heterocycles. The van der Waals surface area contributed by atoms with Crippen molar-refractivity contribution in [2.45, 2.75) is 91.1 Å². The molecule has 5 nitrogen and oxygen atoms in total. The maximum absolute atomic E-state index is 5.84. The predicted octanol–water partition coefficient (Wildman–Crippen LogP) is 7.25. The molecule has 0 amide bonds. The molecule has 0 saturated carbocycles. The zero-order chi connectivity index (χ0) is 22.9. The Labute approximate surface area is 194 Å². The Bertz CT molecular complexity index is 704. The van der Waals surface area contributed by atoms with Crippen LogP contribution in [0.5, 0.6) is 11.6 Å². The Morgan fingerprint density at radius 1 is 0.719 bits per heavy atom. The van der Waals surface area contributed by atoms with E-state index in [1.807, 2.05) is 31.2 Å². The number of hydrogen-bond acceptors (Lipinski definition) is 5. The van der Waals surface area contributed by atoms with Gasteiger partial charge in [0, 0.05) is 12.2 Å². The summed E-state index contributed by atoms with van der Waals surface area (Å²) in [5.41, 5.74) is 1.83. The number of benzene rings is 1. The van der Waals surface area contributed by atoms with Crippen molar-refractivity contribution in [3.05, 3.63) is 36.7 Å². The van der Waals surface area contributed by atoms with Gasteiger partial charge in [-0.3, -0.25) is 0 Å². The monoisotopic (exact) mass is 442 g/mol. The highest BCUT2D eigenvalue weighted by molar-refractivity contribution is 5.59. The third kappa shape index (κ3) is 10.9. The van der Waals surface area contributed by atoms with E-state index in [1.165, 1.54) is 51.4 Å². The summed E-state index contributed by atoms with van der Waals surface area (Å²) in [4.78, 5) is 8.89. The van der Waals surface area contributed by atoms with Crippen molar-refractivity contribution >= 4 is 0 Å². The van der Waals surface area contributed by atoms with E-state index in [0.717, 1.165) is 43.1 Å². The minimum absolute atomic E-state index is 0.0432. The quantitative estimate of drug-likeness (QED) is 0.228. The summed E-state index contributed by atoms with van der Waals surface area (Å²) in [6, 6.07) is 8.02. The number of unbranched alkanes of at least 4 members (excludes halogenated alkanes) is 8. The largest absolute Gasteiger partial charge is 0.494 e. The average Bonchev–Trinajstić information content (AvgIpc) is 2.83. The zero-order valence-corrected chi connectivity index (χ0v) is 20.4. The van der Waals surface area contributed by atoms with Gasteiger partial charge in [-0.05, 0) is 44.0 Å². The van der Waals surface area contributed by atoms with Crippen LogP contribution < -0.4 is 9.47 Å². The van der Waals surface area contributed by atoms with Crippen LogP contribution in [0.4, 0.5) is 0 Å². The van der Waals surface area contributed by atoms with Gasteiger partial charge in [0.25, 0.3) is 0 Å². The molecule has 1 atom stereocenters. The van der Waals surface area contributed by atoms with Crippen LogP contribution in [-0.4, -0.2) is 35.9 Å². The van der Waals surface area contributed by atoms with Crippen LogP contribution in [0.1, 0.15) is 85.0 Å². The SMILES string of the molecule is CCCCCCCCOC(C)COc1cnc(-c2ccc(OCCCCCC)cc2)cn1. The third-order valence-electron chi connectivity index (χ3n) is 5.41. The molecule has 0 bridgehead atoms. The first-order valence-electron chi connectivity index (χ1n) is 12.5. The van der Waals surface area contributed by atoms with Crippen LogP contribution in [0.2, 0.25) is 0 Å². The minimum Gasteiger partial charge on any atom is -0.494 e. The standard InChI is InChI=1S/C27H42N2O3/c1-4-6-8-10-11-13-18-30-23(3)22-32-27-21-28-26(20-29-27)24-14-16-25(17-15-24)31-19-12-9-7-5-2/h14-17,20-21,23H,4-13,18-19,22H2,1-3H3. The Morgan fingerprint density at radius 2 is 1.38 bits per heavy atom. The second-order valence-corrected chi connectivity index (χ2v) is 8.43. The molecule has 5 heteroatoms. The maximum atomic E-state index is 5.84. The van der Waals surface area contributed by atoms with E-state index in [9.17, 15) is 0 Å². The topological polar surface area (TPSA) is 53.5 Å². The molecule has 0 N–H and O–H groups in total. The Balaban J connectivity index is 1.66. The van der Waals surface area contributed by atoms with Gasteiger partial charge in [0.15, 0.2) is 0 Å². The fraction of sp³-hybridized carbons (Fsp3) is 0.630. The molecular weight excluding hydrogens is 400 g/mol. The molecule has 2 aromatic rings. The lowest BCUT2D eigenvalue weighted by molar-refractivity contribution is 0.0290. The molecule has 1 heterocycles. The lowest BCUT2D eigenvalue weighted by Gasteiger charge is -2.14. The van der Waals surface area contributed by atoms with Crippen molar-refractivity contribution < 1.29 is 14.2 Å². The van der Waals surface area contributed by atoms with Gasteiger partial charge >= 0.3 is 0 Å². The van der Waals surface area contributed by atoms with Crippen molar-refractivity contribution in [1.29, 1.82) is 0 Å². The molecule has 0 aliphatic heterocycles. The molecule has 178 valence electrons. The van der Waals surface area contributed by atoms with Gasteiger partial charge in [-0.25, -0.2) is 9.97 Å². The van der Waals surface area contributed by atoms with Gasteiger partial charge in [0.2, 0.25) is 5.88 Å². The first-order valence-corrected chi connectivity index (χ1v) is 12.5. The van der Waals surface area contributed by atoms with E-state index in [2.05, 4.69) is 23.8 Å². The summed E-state index contributed by atoms with van der Waals surface area (Å²) in [6.45, 7) is 8.53. The fourth-order valence-electron chi connectivity index (χ4n) is 3.40. The molecule has 0 spiro atoms. The number of ether oxygens (including phenoxy) is 3. The van der Waals surface area contributed by atoms with E-state index < -0.39 is 0 Å². The second-order valence-electron chi connectivity index (χ2n) is 8.43. The van der Waals surface area contributed by atoms with Crippen molar-refractivity contribution in [3.63, 3.8) is 0 Å². The summed E-state index contributed by atoms with van der Waals surface area (Å²) in [5.74, 6) is 1.42. The number of nitrogens with zero attached hydrogens (tertiary/aromatic N) is 2. The van der Waals surface area contributed by atoms with Crippen LogP contribution >= 0.6 is 0 Å². The van der Waals surface area contributed by atoms with E-state index >= 15 is 0 Å². The number of rotatable bonds is 18. The number of hydrogen-bond donors (Lipinski definition) is 0. The Morgan fingerprint density at radius 3 is 2.06 bits per heavy atom. The van der Waals surface area contributed by atoms with E-state index in [-0.39, 0.29) is 6.10 Å². The summed E-state index contributed by atoms with van der Waals surface area (Å²) in [7, 11) is 0. The van der Waals surface area contributed by atoms with Gasteiger partial charge in [-0.15, -0.1) is 0 Å². The molecule has 0 aliphatic rings. The zero-order valence-electron chi connectivity index (χ0n) is 20.4. The van der Waals surface area contributed by atoms with E-state index in [1.54, 1.807) is 12.4 Å². The van der Waals surface area contributed by atoms with Crippen LogP contribution in [0.25, 0.3) is 11.3 Å². The molecule has 0 radical (unpaired) electrons. The maximum Gasteiger partial charge on any atom is 0.232 e. The average molecular weight is 443 g/mol. The molecule has 1 aromatic heterocycles. The molecule has 32 heavy (non-hydrogen) atoms. The van der Waals surface area contributed by atoms with E-state index in [4.69, 9.17) is 14.2 Å². The lowest BCUT2D eigenvalue weighted by Crippen LogP contribution is -2.19. The Hall–Kier alpha value is -2.14. The second kappa shape index (κ2) is 16.5. The van der Waals surface area contributed by atoms with Gasteiger partial charge in [0.05, 0.1) is 30.8 Å². The third-order valence-corrected chi connectivity index (χ3v) is 5.41. The van der Waals surface area contributed by atoms with Crippen LogP contribution in [0, 0.1) is 0 Å². The molecular formula is C27H42N2O3. The smallest absolute Gasteiger partial charge is 0.232 e. The fourth-order valence-corrected chi connectivity index (χ4v) is 3.40. The minimum atomic E-state index is 0.0432. The van der Waals surface area contributed by atoms with Gasteiger partial charge < -0.3 is 14.2 Å². The van der Waals surface area contributed by atoms with Gasteiger partial charge in [-0.1, -0.05) is 65.2 Å². The first-order chi connectivity index (χ1) is 15.7. The molecule has 0 aliphatic carbocycles. The molecule has 2 rings (SSSR count). The van der Waals surface area contributed by atoms with Gasteiger partial charge in [0.1, 0.15) is 12.4 Å². The lowest BCUT2D eigenvalue weighted by atomic mass is 10.1. The van der Waals surface area contributed by atoms with Crippen LogP contribution in [-0.2, 0) is 4.74 Å². The molecule has 0 fully saturated rings. The highest BCUT2D eigenvalue weighted by atomic mass is 16.5. The summed E-state index contributed by atoms with van der Waals surface area (Å²) in [6.07, 6.45) is 15.9. The summed E-state index contributed by atoms with van der Waals surface area (Å²) in [5, 5.41) is 0. The van der Waals surface area contributed by atoms with Crippen molar-refractivity contribution in [1.82, 2.24) is 9.97 Å². The first kappa shape index (κ1) is 26.1. The highest BCUT2D eigenvalue weighted by Crippen LogP contribution is 2.21. The summed E-state index contributed by atoms with van der Waals surface area (Å²) >= 11 is 0. The highest BCUT2D eigenvalue weighted by Gasteiger charge is 2.06. The molecule has 1 unspecified atom stereocenters. The molecule has 1 aromatic carbocycles. The number of aromatic nitrogens is 2. The Kier molecular flexibility index (Phi) is 13.5. The van der Waals surface area contributed by atoms with Gasteiger partial charge in [-0.2, -0.15) is 0 Å². The predicted molar refractivity (Wildman–Crippen MR) is 131 cm³/mol. The summed E-state index contributed by atoms with van der Waals surface area (Å²) < 4.78 is 17.4. The van der Waals surface area contributed by atoms with E-state index in [0.29, 0.717) is 12.5 Å². The van der Waals surface area contributed by atoms with Crippen molar-refractivity contribution in [2.24, 2.45) is 0 Å². The normalized spacial score (nSPS) is 12.0. The van der Waals surface area contributed by atoms with Crippen LogP contribution in [0.3, 0.4) is 0 Å². The van der Waals surface area contributed by atoms with Crippen molar-refractivity contribution in [2.75, 3.05) is 19.8 Å².